The first-order valence-electron chi connectivity index (χ1n) is 11.1. The van der Waals surface area contributed by atoms with Crippen molar-refractivity contribution < 1.29 is 14.3 Å². The smallest absolute Gasteiger partial charge is 0.260 e. The van der Waals surface area contributed by atoms with Crippen LogP contribution in [0.25, 0.3) is 10.9 Å². The maximum atomic E-state index is 12.2. The Hall–Kier alpha value is -4.20. The number of carbonyl (C=O) groups is 1. The summed E-state index contributed by atoms with van der Waals surface area (Å²) < 4.78 is 12.0. The zero-order valence-electron chi connectivity index (χ0n) is 19.6. The first kappa shape index (κ1) is 23.0. The molecule has 4 rings (SSSR count). The molecule has 0 spiro atoms. The highest BCUT2D eigenvalue weighted by molar-refractivity contribution is 5.96. The van der Waals surface area contributed by atoms with Gasteiger partial charge in [0.25, 0.3) is 5.91 Å². The molecule has 0 bridgehead atoms. The number of amides is 1. The lowest BCUT2D eigenvalue weighted by molar-refractivity contribution is -0.127. The van der Waals surface area contributed by atoms with Gasteiger partial charge in [0.05, 0.1) is 17.1 Å². The number of fused-ring (bicyclic) bond motifs is 1. The molecule has 2 N–H and O–H groups in total. The van der Waals surface area contributed by atoms with Gasteiger partial charge in [-0.15, -0.1) is 0 Å². The number of carbonyl (C=O) groups excluding carboxylic acids is 1. The predicted octanol–water partition coefficient (Wildman–Crippen LogP) is 5.08. The Balaban J connectivity index is 1.60. The molecule has 1 amide bonds. The van der Waals surface area contributed by atoms with Crippen molar-refractivity contribution in [3.63, 3.8) is 0 Å². The standard InChI is InChI=1S/C26H27N5O3/c1-5-27-26(32)18(4)33-23-8-6-7-21-24(23)25(30-15-29-21)31-19-10-12-22(16(2)13-19)34-20-11-9-17(3)28-14-20/h6-15,18H,5H2,1-4H3,(H,27,32)(H,29,30,31)/t18-/m1/s1. The maximum absolute atomic E-state index is 12.2. The van der Waals surface area contributed by atoms with Gasteiger partial charge in [0.15, 0.2) is 6.10 Å². The summed E-state index contributed by atoms with van der Waals surface area (Å²) in [5, 5.41) is 6.83. The Morgan fingerprint density at radius 3 is 2.62 bits per heavy atom. The number of rotatable bonds is 8. The van der Waals surface area contributed by atoms with Crippen molar-refractivity contribution in [2.24, 2.45) is 0 Å². The second-order valence-electron chi connectivity index (χ2n) is 7.87. The molecular formula is C26H27N5O3. The highest BCUT2D eigenvalue weighted by Crippen LogP contribution is 2.33. The molecule has 0 aliphatic heterocycles. The number of likely N-dealkylation sites (N-methyl/N-ethyl adjacent to an activating group) is 1. The zero-order chi connectivity index (χ0) is 24.1. The molecule has 8 heteroatoms. The fourth-order valence-corrected chi connectivity index (χ4v) is 3.45. The van der Waals surface area contributed by atoms with Crippen LogP contribution in [0.15, 0.2) is 61.1 Å². The number of benzene rings is 2. The van der Waals surface area contributed by atoms with Crippen LogP contribution in [0, 0.1) is 13.8 Å². The van der Waals surface area contributed by atoms with E-state index in [4.69, 9.17) is 9.47 Å². The van der Waals surface area contributed by atoms with Crippen molar-refractivity contribution in [1.82, 2.24) is 20.3 Å². The molecule has 8 nitrogen and oxygen atoms in total. The molecule has 2 aromatic carbocycles. The summed E-state index contributed by atoms with van der Waals surface area (Å²) in [5.41, 5.74) is 3.43. The normalized spacial score (nSPS) is 11.6. The number of anilines is 2. The van der Waals surface area contributed by atoms with Crippen LogP contribution in [-0.4, -0.2) is 33.5 Å². The van der Waals surface area contributed by atoms with Gasteiger partial charge in [-0.25, -0.2) is 9.97 Å². The Morgan fingerprint density at radius 2 is 1.88 bits per heavy atom. The van der Waals surface area contributed by atoms with Crippen molar-refractivity contribution in [3.05, 3.63) is 72.3 Å². The first-order valence-corrected chi connectivity index (χ1v) is 11.1. The van der Waals surface area contributed by atoms with E-state index in [0.29, 0.717) is 34.8 Å². The molecule has 1 atom stereocenters. The summed E-state index contributed by atoms with van der Waals surface area (Å²) >= 11 is 0. The average Bonchev–Trinajstić information content (AvgIpc) is 2.82. The Labute approximate surface area is 198 Å². The SMILES string of the molecule is CCNC(=O)[C@@H](C)Oc1cccc2ncnc(Nc3ccc(Oc4ccc(C)nc4)c(C)c3)c12. The third kappa shape index (κ3) is 5.23. The number of aryl methyl sites for hydroxylation is 2. The number of nitrogens with one attached hydrogen (secondary N) is 2. The summed E-state index contributed by atoms with van der Waals surface area (Å²) in [6.45, 7) is 8.03. The summed E-state index contributed by atoms with van der Waals surface area (Å²) in [6.07, 6.45) is 2.54. The van der Waals surface area contributed by atoms with E-state index in [0.717, 1.165) is 22.7 Å². The third-order valence-electron chi connectivity index (χ3n) is 5.20. The van der Waals surface area contributed by atoms with Gasteiger partial charge in [-0.2, -0.15) is 0 Å². The highest BCUT2D eigenvalue weighted by atomic mass is 16.5. The van der Waals surface area contributed by atoms with Crippen LogP contribution in [-0.2, 0) is 4.79 Å². The van der Waals surface area contributed by atoms with E-state index in [1.807, 2.05) is 69.3 Å². The van der Waals surface area contributed by atoms with Gasteiger partial charge < -0.3 is 20.1 Å². The molecule has 2 heterocycles. The van der Waals surface area contributed by atoms with Crippen molar-refractivity contribution in [2.75, 3.05) is 11.9 Å². The third-order valence-corrected chi connectivity index (χ3v) is 5.20. The molecule has 0 unspecified atom stereocenters. The number of ether oxygens (including phenoxy) is 2. The first-order chi connectivity index (χ1) is 16.4. The number of aromatic nitrogens is 3. The van der Waals surface area contributed by atoms with Crippen LogP contribution in [0.5, 0.6) is 17.2 Å². The fraction of sp³-hybridized carbons (Fsp3) is 0.231. The molecular weight excluding hydrogens is 430 g/mol. The second kappa shape index (κ2) is 10.2. The van der Waals surface area contributed by atoms with E-state index in [-0.39, 0.29) is 5.91 Å². The molecule has 0 radical (unpaired) electrons. The zero-order valence-corrected chi connectivity index (χ0v) is 19.6. The molecule has 34 heavy (non-hydrogen) atoms. The van der Waals surface area contributed by atoms with Crippen LogP contribution in [0.2, 0.25) is 0 Å². The van der Waals surface area contributed by atoms with E-state index in [2.05, 4.69) is 25.6 Å². The maximum Gasteiger partial charge on any atom is 0.260 e. The summed E-state index contributed by atoms with van der Waals surface area (Å²) in [5.74, 6) is 2.35. The van der Waals surface area contributed by atoms with E-state index < -0.39 is 6.10 Å². The molecule has 0 saturated carbocycles. The van der Waals surface area contributed by atoms with Gasteiger partial charge in [0.2, 0.25) is 0 Å². The Kier molecular flexibility index (Phi) is 6.87. The van der Waals surface area contributed by atoms with Gasteiger partial charge in [0, 0.05) is 17.9 Å². The molecule has 0 aliphatic carbocycles. The quantitative estimate of drug-likeness (QED) is 0.381. The number of hydrogen-bond acceptors (Lipinski definition) is 7. The summed E-state index contributed by atoms with van der Waals surface area (Å²) in [4.78, 5) is 25.2. The van der Waals surface area contributed by atoms with E-state index >= 15 is 0 Å². The number of hydrogen-bond donors (Lipinski definition) is 2. The highest BCUT2D eigenvalue weighted by Gasteiger charge is 2.17. The monoisotopic (exact) mass is 457 g/mol. The van der Waals surface area contributed by atoms with Crippen LogP contribution in [0.3, 0.4) is 0 Å². The van der Waals surface area contributed by atoms with Crippen molar-refractivity contribution in [3.8, 4) is 17.2 Å². The van der Waals surface area contributed by atoms with Gasteiger partial charge in [-0.3, -0.25) is 9.78 Å². The van der Waals surface area contributed by atoms with Crippen molar-refractivity contribution in [1.29, 1.82) is 0 Å². The van der Waals surface area contributed by atoms with Crippen molar-refractivity contribution in [2.45, 2.75) is 33.8 Å². The molecule has 0 saturated heterocycles. The van der Waals surface area contributed by atoms with E-state index in [1.165, 1.54) is 6.33 Å². The van der Waals surface area contributed by atoms with Crippen LogP contribution in [0.1, 0.15) is 25.1 Å². The van der Waals surface area contributed by atoms with Gasteiger partial charge >= 0.3 is 0 Å². The summed E-state index contributed by atoms with van der Waals surface area (Å²) in [6, 6.07) is 15.1. The number of nitrogens with zero attached hydrogens (tertiary/aromatic N) is 3. The van der Waals surface area contributed by atoms with Crippen LogP contribution < -0.4 is 20.1 Å². The lowest BCUT2D eigenvalue weighted by Gasteiger charge is -2.17. The van der Waals surface area contributed by atoms with E-state index in [9.17, 15) is 4.79 Å². The lowest BCUT2D eigenvalue weighted by Crippen LogP contribution is -2.36. The largest absolute Gasteiger partial charge is 0.480 e. The molecule has 0 fully saturated rings. The minimum absolute atomic E-state index is 0.180. The minimum atomic E-state index is -0.659. The molecule has 2 aromatic heterocycles. The fourth-order valence-electron chi connectivity index (χ4n) is 3.45. The average molecular weight is 458 g/mol. The molecule has 0 aliphatic rings. The molecule has 4 aromatic rings. The van der Waals surface area contributed by atoms with Gasteiger partial charge in [0.1, 0.15) is 29.4 Å². The number of pyridine rings is 1. The topological polar surface area (TPSA) is 98.3 Å². The van der Waals surface area contributed by atoms with Gasteiger partial charge in [-0.1, -0.05) is 6.07 Å². The van der Waals surface area contributed by atoms with Crippen LogP contribution >= 0.6 is 0 Å². The van der Waals surface area contributed by atoms with Crippen LogP contribution in [0.4, 0.5) is 11.5 Å². The minimum Gasteiger partial charge on any atom is -0.480 e. The predicted molar refractivity (Wildman–Crippen MR) is 132 cm³/mol. The lowest BCUT2D eigenvalue weighted by atomic mass is 10.1. The summed E-state index contributed by atoms with van der Waals surface area (Å²) in [7, 11) is 0. The van der Waals surface area contributed by atoms with E-state index in [1.54, 1.807) is 13.1 Å². The Bertz CT molecular complexity index is 1300. The second-order valence-corrected chi connectivity index (χ2v) is 7.87. The molecule has 174 valence electrons. The van der Waals surface area contributed by atoms with Crippen molar-refractivity contribution >= 4 is 28.3 Å². The van der Waals surface area contributed by atoms with Gasteiger partial charge in [-0.05, 0) is 75.7 Å². The Morgan fingerprint density at radius 1 is 1.03 bits per heavy atom.